The number of nitrogens with one attached hydrogen (secondary N) is 3. The molecule has 0 unspecified atom stereocenters. The first-order chi connectivity index (χ1) is 18.7. The monoisotopic (exact) mass is 587 g/mol. The molecule has 11 nitrogen and oxygen atoms in total. The van der Waals surface area contributed by atoms with Crippen molar-refractivity contribution in [2.24, 2.45) is 0 Å². The first-order valence-electron chi connectivity index (χ1n) is 12.2. The van der Waals surface area contributed by atoms with E-state index in [9.17, 15) is 31.2 Å². The first kappa shape index (κ1) is 32.4. The highest BCUT2D eigenvalue weighted by atomic mass is 32.2. The Morgan fingerprint density at radius 2 is 1.65 bits per heavy atom. The molecule has 4 N–H and O–H groups in total. The normalized spacial score (nSPS) is 13.5. The van der Waals surface area contributed by atoms with Crippen molar-refractivity contribution < 1.29 is 41.1 Å². The van der Waals surface area contributed by atoms with Gasteiger partial charge in [-0.05, 0) is 42.3 Å². The lowest BCUT2D eigenvalue weighted by Gasteiger charge is -2.31. The molecule has 2 amide bonds. The van der Waals surface area contributed by atoms with E-state index in [1.54, 1.807) is 36.4 Å². The number of hydrogen-bond acceptors (Lipinski definition) is 7. The van der Waals surface area contributed by atoms with E-state index in [1.165, 1.54) is 25.1 Å². The summed E-state index contributed by atoms with van der Waals surface area (Å²) >= 11 is 0. The maximum Gasteiger partial charge on any atom is 0.490 e. The van der Waals surface area contributed by atoms with E-state index in [0.717, 1.165) is 25.1 Å². The number of hydrogen-bond donors (Lipinski definition) is 4. The van der Waals surface area contributed by atoms with Gasteiger partial charge in [-0.3, -0.25) is 14.3 Å². The van der Waals surface area contributed by atoms with Gasteiger partial charge in [-0.15, -0.1) is 0 Å². The molecule has 0 saturated carbocycles. The van der Waals surface area contributed by atoms with Gasteiger partial charge in [-0.2, -0.15) is 13.2 Å². The number of nitrogens with zero attached hydrogens (tertiary/aromatic N) is 2. The number of carbonyl (C=O) groups is 3. The zero-order valence-electron chi connectivity index (χ0n) is 22.2. The van der Waals surface area contributed by atoms with Crippen LogP contribution in [0.15, 0.2) is 47.4 Å². The van der Waals surface area contributed by atoms with Gasteiger partial charge in [0.1, 0.15) is 0 Å². The quantitative estimate of drug-likeness (QED) is 0.366. The Bertz CT molecular complexity index is 1300. The van der Waals surface area contributed by atoms with Crippen LogP contribution >= 0.6 is 0 Å². The van der Waals surface area contributed by atoms with Crippen LogP contribution in [-0.2, 0) is 26.0 Å². The number of benzene rings is 2. The molecule has 15 heteroatoms. The van der Waals surface area contributed by atoms with Crippen LogP contribution in [0, 0.1) is 0 Å². The largest absolute Gasteiger partial charge is 0.490 e. The molecule has 2 aromatic rings. The van der Waals surface area contributed by atoms with Gasteiger partial charge in [0.2, 0.25) is 5.91 Å². The predicted octanol–water partition coefficient (Wildman–Crippen LogP) is 1.91. The molecule has 3 rings (SSSR count). The number of carboxylic acid groups (broad SMARTS) is 1. The summed E-state index contributed by atoms with van der Waals surface area (Å²) in [4.78, 5) is 37.0. The molecule has 1 aliphatic heterocycles. The van der Waals surface area contributed by atoms with Crippen LogP contribution in [0.5, 0.6) is 0 Å². The zero-order chi connectivity index (χ0) is 30.1. The second-order valence-corrected chi connectivity index (χ2v) is 10.4. The Morgan fingerprint density at radius 1 is 1.07 bits per heavy atom. The number of alkyl halides is 3. The van der Waals surface area contributed by atoms with Gasteiger partial charge < -0.3 is 25.5 Å². The van der Waals surface area contributed by atoms with Crippen molar-refractivity contribution in [1.29, 1.82) is 0 Å². The van der Waals surface area contributed by atoms with Crippen LogP contribution in [0.4, 0.5) is 24.5 Å². The Balaban J connectivity index is 0.000000708. The Hall–Kier alpha value is -3.85. The minimum atomic E-state index is -5.08. The molecule has 0 radical (unpaired) electrons. The van der Waals surface area contributed by atoms with E-state index in [0.29, 0.717) is 30.0 Å². The van der Waals surface area contributed by atoms with Gasteiger partial charge in [0.15, 0.2) is 0 Å². The topological polar surface area (TPSA) is 148 Å². The SMILES string of the molecule is CCc1ccc(S(=O)(=O)Nc2cc(C(=O)N(C)CC(=O)NC)ccc2N2CCNCC2)cc1.O=C(O)C(F)(F)F. The van der Waals surface area contributed by atoms with E-state index in [-0.39, 0.29) is 23.3 Å². The number of rotatable bonds is 8. The van der Waals surface area contributed by atoms with Gasteiger partial charge in [-0.25, -0.2) is 13.2 Å². The molecule has 2 aromatic carbocycles. The van der Waals surface area contributed by atoms with E-state index in [2.05, 4.69) is 20.3 Å². The number of aliphatic carboxylic acids is 1. The molecule has 0 spiro atoms. The summed E-state index contributed by atoms with van der Waals surface area (Å²) in [6.45, 7) is 4.89. The number of amides is 2. The molecule has 220 valence electrons. The van der Waals surface area contributed by atoms with E-state index >= 15 is 0 Å². The number of carboxylic acids is 1. The Morgan fingerprint density at radius 3 is 2.15 bits per heavy atom. The summed E-state index contributed by atoms with van der Waals surface area (Å²) in [5, 5.41) is 12.9. The van der Waals surface area contributed by atoms with Crippen molar-refractivity contribution in [3.63, 3.8) is 0 Å². The number of anilines is 2. The highest BCUT2D eigenvalue weighted by Crippen LogP contribution is 2.30. The fourth-order valence-electron chi connectivity index (χ4n) is 3.63. The molecular weight excluding hydrogens is 555 g/mol. The summed E-state index contributed by atoms with van der Waals surface area (Å²) in [5.41, 5.74) is 2.37. The van der Waals surface area contributed by atoms with Crippen LogP contribution < -0.4 is 20.3 Å². The van der Waals surface area contributed by atoms with Crippen molar-refractivity contribution in [3.8, 4) is 0 Å². The van der Waals surface area contributed by atoms with Crippen molar-refractivity contribution in [2.75, 3.05) is 56.4 Å². The fourth-order valence-corrected chi connectivity index (χ4v) is 4.69. The maximum atomic E-state index is 13.1. The molecule has 1 saturated heterocycles. The average molecular weight is 588 g/mol. The minimum Gasteiger partial charge on any atom is -0.475 e. The van der Waals surface area contributed by atoms with E-state index < -0.39 is 22.2 Å². The van der Waals surface area contributed by atoms with Gasteiger partial charge in [-0.1, -0.05) is 19.1 Å². The van der Waals surface area contributed by atoms with Crippen LogP contribution in [-0.4, -0.2) is 89.2 Å². The third-order valence-corrected chi connectivity index (χ3v) is 7.22. The number of carbonyl (C=O) groups excluding carboxylic acids is 2. The standard InChI is InChI=1S/C23H31N5O4S.C2HF3O2/c1-4-17-5-8-19(9-6-17)33(31,32)26-20-15-18(23(30)27(3)16-22(29)24-2)7-10-21(20)28-13-11-25-12-14-28;3-2(4,5)1(6)7/h5-10,15,25-26H,4,11-14,16H2,1-3H3,(H,24,29);(H,6,7). The number of likely N-dealkylation sites (N-methyl/N-ethyl adjacent to an activating group) is 2. The molecule has 1 heterocycles. The number of aryl methyl sites for hydroxylation is 1. The fraction of sp³-hybridized carbons (Fsp3) is 0.400. The van der Waals surface area contributed by atoms with Crippen LogP contribution in [0.2, 0.25) is 0 Å². The second kappa shape index (κ2) is 14.0. The van der Waals surface area contributed by atoms with Crippen molar-refractivity contribution in [3.05, 3.63) is 53.6 Å². The average Bonchev–Trinajstić information content (AvgIpc) is 2.92. The van der Waals surface area contributed by atoms with Gasteiger partial charge in [0.25, 0.3) is 15.9 Å². The Kier molecular flexibility index (Phi) is 11.3. The highest BCUT2D eigenvalue weighted by Gasteiger charge is 2.38. The molecular formula is C25H32F3N5O6S. The van der Waals surface area contributed by atoms with Gasteiger partial charge in [0, 0.05) is 45.8 Å². The molecule has 0 aromatic heterocycles. The zero-order valence-corrected chi connectivity index (χ0v) is 23.0. The molecule has 1 fully saturated rings. The third-order valence-electron chi connectivity index (χ3n) is 5.84. The molecule has 0 bridgehead atoms. The number of halogens is 3. The molecule has 0 aliphatic carbocycles. The summed E-state index contributed by atoms with van der Waals surface area (Å²) in [6, 6.07) is 11.7. The smallest absolute Gasteiger partial charge is 0.475 e. The number of piperazine rings is 1. The first-order valence-corrected chi connectivity index (χ1v) is 13.7. The van der Waals surface area contributed by atoms with E-state index in [4.69, 9.17) is 9.90 Å². The second-order valence-electron chi connectivity index (χ2n) is 8.71. The van der Waals surface area contributed by atoms with Crippen LogP contribution in [0.25, 0.3) is 0 Å². The summed E-state index contributed by atoms with van der Waals surface area (Å²) in [7, 11) is -0.835. The molecule has 0 atom stereocenters. The van der Waals surface area contributed by atoms with Gasteiger partial charge >= 0.3 is 12.1 Å². The lowest BCUT2D eigenvalue weighted by molar-refractivity contribution is -0.192. The van der Waals surface area contributed by atoms with Crippen molar-refractivity contribution in [1.82, 2.24) is 15.5 Å². The highest BCUT2D eigenvalue weighted by molar-refractivity contribution is 7.92. The Labute approximate surface area is 230 Å². The lowest BCUT2D eigenvalue weighted by atomic mass is 10.1. The molecule has 40 heavy (non-hydrogen) atoms. The molecule has 1 aliphatic rings. The van der Waals surface area contributed by atoms with Crippen LogP contribution in [0.1, 0.15) is 22.8 Å². The third kappa shape index (κ3) is 9.12. The van der Waals surface area contributed by atoms with Crippen molar-refractivity contribution in [2.45, 2.75) is 24.4 Å². The van der Waals surface area contributed by atoms with Crippen molar-refractivity contribution >= 4 is 39.2 Å². The lowest BCUT2D eigenvalue weighted by Crippen LogP contribution is -2.44. The number of sulfonamides is 1. The van der Waals surface area contributed by atoms with E-state index in [1.807, 2.05) is 6.92 Å². The maximum absolute atomic E-state index is 13.1. The summed E-state index contributed by atoms with van der Waals surface area (Å²) in [5.74, 6) is -3.43. The van der Waals surface area contributed by atoms with Gasteiger partial charge in [0.05, 0.1) is 22.8 Å². The predicted molar refractivity (Wildman–Crippen MR) is 143 cm³/mol. The van der Waals surface area contributed by atoms with Crippen LogP contribution in [0.3, 0.4) is 0 Å². The minimum absolute atomic E-state index is 0.0975. The summed E-state index contributed by atoms with van der Waals surface area (Å²) in [6.07, 6.45) is -4.27. The summed E-state index contributed by atoms with van der Waals surface area (Å²) < 4.78 is 60.7.